The zero-order valence-electron chi connectivity index (χ0n) is 17.9. The van der Waals surface area contributed by atoms with E-state index in [1.807, 2.05) is 7.05 Å². The van der Waals surface area contributed by atoms with Crippen molar-refractivity contribution < 1.29 is 9.90 Å². The fourth-order valence-corrected chi connectivity index (χ4v) is 5.02. The second-order valence-corrected chi connectivity index (χ2v) is 8.84. The molecule has 1 aromatic carbocycles. The predicted octanol–water partition coefficient (Wildman–Crippen LogP) is 3.51. The number of amides is 1. The van der Waals surface area contributed by atoms with Crippen LogP contribution in [0, 0.1) is 5.92 Å². The molecule has 2 heterocycles. The summed E-state index contributed by atoms with van der Waals surface area (Å²) in [6.45, 7) is 8.48. The molecule has 0 saturated carbocycles. The Labute approximate surface area is 170 Å². The van der Waals surface area contributed by atoms with Crippen molar-refractivity contribution >= 4 is 17.3 Å². The number of aliphatic hydroxyl groups excluding tert-OH is 1. The molecule has 0 aromatic heterocycles. The second-order valence-electron chi connectivity index (χ2n) is 8.84. The Bertz CT molecular complexity index is 676. The number of aliphatic hydroxyl groups is 1. The number of unbranched alkanes of at least 4 members (excludes halogenated alkanes) is 3. The van der Waals surface area contributed by atoms with Gasteiger partial charge < -0.3 is 20.2 Å². The number of likely N-dealkylation sites (N-methyl/N-ethyl adjacent to an activating group) is 1. The Balaban J connectivity index is 1.97. The van der Waals surface area contributed by atoms with Gasteiger partial charge in [-0.05, 0) is 30.9 Å². The van der Waals surface area contributed by atoms with Crippen molar-refractivity contribution in [2.75, 3.05) is 36.5 Å². The number of nitrogens with one attached hydrogen (secondary N) is 1. The highest BCUT2D eigenvalue weighted by atomic mass is 16.3. The first-order valence-electron chi connectivity index (χ1n) is 11.0. The van der Waals surface area contributed by atoms with Crippen LogP contribution >= 0.6 is 0 Å². The van der Waals surface area contributed by atoms with E-state index in [1.165, 1.54) is 42.6 Å². The van der Waals surface area contributed by atoms with E-state index >= 15 is 0 Å². The number of benzene rings is 1. The molecule has 2 N–H and O–H groups in total. The van der Waals surface area contributed by atoms with Crippen LogP contribution in [-0.2, 0) is 4.79 Å². The standard InChI is InChI=1S/C23H37N3O2/c1-5-6-7-8-12-26-14-17-13-18(15-27)24-23(28)22(16(2)3)25(4)19-10-9-11-20(26)21(17)19/h9-11,16-18,22,27H,5-8,12-15H2,1-4H3,(H,24,28)/t17-,18+,22+/m1/s1. The van der Waals surface area contributed by atoms with E-state index in [4.69, 9.17) is 0 Å². The van der Waals surface area contributed by atoms with Gasteiger partial charge in [-0.15, -0.1) is 0 Å². The van der Waals surface area contributed by atoms with Crippen LogP contribution in [-0.4, -0.2) is 49.8 Å². The predicted molar refractivity (Wildman–Crippen MR) is 116 cm³/mol. The summed E-state index contributed by atoms with van der Waals surface area (Å²) in [5.74, 6) is 0.539. The molecule has 0 aliphatic carbocycles. The Morgan fingerprint density at radius 1 is 1.21 bits per heavy atom. The van der Waals surface area contributed by atoms with Crippen LogP contribution in [0.15, 0.2) is 18.2 Å². The highest BCUT2D eigenvalue weighted by Crippen LogP contribution is 2.45. The van der Waals surface area contributed by atoms with Crippen LogP contribution in [0.1, 0.15) is 64.4 Å². The molecule has 5 nitrogen and oxygen atoms in total. The fraction of sp³-hybridized carbons (Fsp3) is 0.696. The maximum Gasteiger partial charge on any atom is 0.243 e. The summed E-state index contributed by atoms with van der Waals surface area (Å²) in [5.41, 5.74) is 3.85. The molecule has 0 radical (unpaired) electrons. The maximum atomic E-state index is 13.0. The van der Waals surface area contributed by atoms with Gasteiger partial charge in [0.05, 0.1) is 12.6 Å². The number of rotatable bonds is 7. The average Bonchev–Trinajstić information content (AvgIpc) is 3.02. The minimum absolute atomic E-state index is 0.00916. The van der Waals surface area contributed by atoms with E-state index in [-0.39, 0.29) is 30.5 Å². The molecule has 1 aromatic rings. The third kappa shape index (κ3) is 4.14. The largest absolute Gasteiger partial charge is 0.394 e. The summed E-state index contributed by atoms with van der Waals surface area (Å²) >= 11 is 0. The summed E-state index contributed by atoms with van der Waals surface area (Å²) in [4.78, 5) is 17.6. The lowest BCUT2D eigenvalue weighted by Gasteiger charge is -2.33. The molecule has 0 saturated heterocycles. The third-order valence-corrected chi connectivity index (χ3v) is 6.36. The normalized spacial score (nSPS) is 24.6. The second kappa shape index (κ2) is 9.17. The van der Waals surface area contributed by atoms with Crippen LogP contribution < -0.4 is 15.1 Å². The summed E-state index contributed by atoms with van der Waals surface area (Å²) in [6.07, 6.45) is 5.83. The van der Waals surface area contributed by atoms with Crippen LogP contribution in [0.3, 0.4) is 0 Å². The van der Waals surface area contributed by atoms with Crippen molar-refractivity contribution in [2.24, 2.45) is 5.92 Å². The van der Waals surface area contributed by atoms with Crippen molar-refractivity contribution in [3.63, 3.8) is 0 Å². The average molecular weight is 388 g/mol. The molecule has 0 spiro atoms. The number of hydrogen-bond donors (Lipinski definition) is 2. The van der Waals surface area contributed by atoms with Gasteiger partial charge in [-0.25, -0.2) is 0 Å². The maximum absolute atomic E-state index is 13.0. The van der Waals surface area contributed by atoms with Crippen molar-refractivity contribution in [2.45, 2.75) is 70.9 Å². The summed E-state index contributed by atoms with van der Waals surface area (Å²) in [7, 11) is 2.04. The summed E-state index contributed by atoms with van der Waals surface area (Å²) in [6, 6.07) is 6.10. The number of carbonyl (C=O) groups excluding carboxylic acids is 1. The van der Waals surface area contributed by atoms with E-state index in [0.29, 0.717) is 5.92 Å². The van der Waals surface area contributed by atoms with Crippen molar-refractivity contribution in [3.8, 4) is 0 Å². The van der Waals surface area contributed by atoms with Crippen molar-refractivity contribution in [1.29, 1.82) is 0 Å². The van der Waals surface area contributed by atoms with Crippen LogP contribution in [0.5, 0.6) is 0 Å². The molecule has 3 atom stereocenters. The topological polar surface area (TPSA) is 55.8 Å². The van der Waals surface area contributed by atoms with Gasteiger partial charge in [0, 0.05) is 43.0 Å². The molecule has 2 aliphatic heterocycles. The van der Waals surface area contributed by atoms with Gasteiger partial charge in [0.1, 0.15) is 6.04 Å². The molecule has 3 rings (SSSR count). The first-order valence-corrected chi connectivity index (χ1v) is 11.0. The van der Waals surface area contributed by atoms with Crippen molar-refractivity contribution in [1.82, 2.24) is 5.32 Å². The molecular weight excluding hydrogens is 350 g/mol. The SMILES string of the molecule is CCCCCCN1C[C@H]2C[C@@H](CO)NC(=O)[C@H](C(C)C)N(C)c3cccc1c32. The van der Waals surface area contributed by atoms with E-state index < -0.39 is 0 Å². The minimum Gasteiger partial charge on any atom is -0.394 e. The lowest BCUT2D eigenvalue weighted by Crippen LogP contribution is -2.51. The molecule has 1 amide bonds. The quantitative estimate of drug-likeness (QED) is 0.703. The Kier molecular flexibility index (Phi) is 6.86. The van der Waals surface area contributed by atoms with Crippen molar-refractivity contribution in [3.05, 3.63) is 23.8 Å². The van der Waals surface area contributed by atoms with Gasteiger partial charge in [0.25, 0.3) is 0 Å². The van der Waals surface area contributed by atoms with Crippen LogP contribution in [0.25, 0.3) is 0 Å². The third-order valence-electron chi connectivity index (χ3n) is 6.36. The number of anilines is 2. The highest BCUT2D eigenvalue weighted by molar-refractivity contribution is 5.87. The van der Waals surface area contributed by atoms with E-state index in [9.17, 15) is 9.90 Å². The first-order chi connectivity index (χ1) is 13.5. The van der Waals surface area contributed by atoms with Gasteiger partial charge in [-0.2, -0.15) is 0 Å². The highest BCUT2D eigenvalue weighted by Gasteiger charge is 2.38. The number of hydrogen-bond acceptors (Lipinski definition) is 4. The van der Waals surface area contributed by atoms with E-state index in [2.05, 4.69) is 54.1 Å². The lowest BCUT2D eigenvalue weighted by molar-refractivity contribution is -0.124. The summed E-state index contributed by atoms with van der Waals surface area (Å²) < 4.78 is 0. The zero-order valence-corrected chi connectivity index (χ0v) is 17.9. The minimum atomic E-state index is -0.238. The molecule has 0 unspecified atom stereocenters. The van der Waals surface area contributed by atoms with Gasteiger partial charge in [0.2, 0.25) is 5.91 Å². The van der Waals surface area contributed by atoms with Gasteiger partial charge in [-0.1, -0.05) is 46.1 Å². The molecular formula is C23H37N3O2. The Hall–Kier alpha value is -1.75. The Morgan fingerprint density at radius 3 is 2.64 bits per heavy atom. The molecule has 0 fully saturated rings. The van der Waals surface area contributed by atoms with E-state index in [0.717, 1.165) is 19.5 Å². The number of carbonyl (C=O) groups is 1. The van der Waals surface area contributed by atoms with Gasteiger partial charge in [-0.3, -0.25) is 4.79 Å². The molecule has 0 bridgehead atoms. The molecule has 5 heteroatoms. The number of nitrogens with zero attached hydrogens (tertiary/aromatic N) is 2. The zero-order chi connectivity index (χ0) is 20.3. The molecule has 28 heavy (non-hydrogen) atoms. The molecule has 2 aliphatic rings. The van der Waals surface area contributed by atoms with Gasteiger partial charge >= 0.3 is 0 Å². The van der Waals surface area contributed by atoms with E-state index in [1.54, 1.807) is 0 Å². The fourth-order valence-electron chi connectivity index (χ4n) is 5.02. The smallest absolute Gasteiger partial charge is 0.243 e. The Morgan fingerprint density at radius 2 is 1.96 bits per heavy atom. The lowest BCUT2D eigenvalue weighted by atomic mass is 9.92. The van der Waals surface area contributed by atoms with Crippen LogP contribution in [0.2, 0.25) is 0 Å². The summed E-state index contributed by atoms with van der Waals surface area (Å²) in [5, 5.41) is 13.0. The van der Waals surface area contributed by atoms with Crippen LogP contribution in [0.4, 0.5) is 11.4 Å². The first kappa shape index (κ1) is 21.0. The molecule has 156 valence electrons. The monoisotopic (exact) mass is 387 g/mol. The van der Waals surface area contributed by atoms with Gasteiger partial charge in [0.15, 0.2) is 0 Å².